The molecule has 2 N–H and O–H groups in total. The monoisotopic (exact) mass is 240 g/mol. The number of piperidine rings is 1. The van der Waals surface area contributed by atoms with Gasteiger partial charge in [-0.2, -0.15) is 0 Å². The largest absolute Gasteiger partial charge is 0.323 e. The number of hydroxylamine groups is 2. The fourth-order valence-electron chi connectivity index (χ4n) is 3.28. The second-order valence-corrected chi connectivity index (χ2v) is 6.26. The van der Waals surface area contributed by atoms with Crippen LogP contribution in [0.1, 0.15) is 40.5 Å². The third-order valence-corrected chi connectivity index (χ3v) is 3.58. The second-order valence-electron chi connectivity index (χ2n) is 6.26. The summed E-state index contributed by atoms with van der Waals surface area (Å²) in [7, 11) is 0. The summed E-state index contributed by atoms with van der Waals surface area (Å²) in [6, 6.07) is -0.471. The smallest absolute Gasteiger partial charge is 0.322 e. The fourth-order valence-corrected chi connectivity index (χ4v) is 3.28. The van der Waals surface area contributed by atoms with E-state index >= 15 is 0 Å². The van der Waals surface area contributed by atoms with E-state index in [1.165, 1.54) is 0 Å². The van der Waals surface area contributed by atoms with Crippen molar-refractivity contribution in [2.75, 3.05) is 0 Å². The lowest BCUT2D eigenvalue weighted by Gasteiger charge is -2.52. The Morgan fingerprint density at radius 3 is 1.88 bits per heavy atom. The molecular formula is C11H18N3O3. The quantitative estimate of drug-likeness (QED) is 0.607. The van der Waals surface area contributed by atoms with E-state index in [4.69, 9.17) is 0 Å². The Morgan fingerprint density at radius 2 is 1.53 bits per heavy atom. The zero-order chi connectivity index (χ0) is 13.1. The summed E-state index contributed by atoms with van der Waals surface area (Å²) in [5, 5.41) is 18.1. The topological polar surface area (TPSA) is 81.3 Å². The van der Waals surface area contributed by atoms with Gasteiger partial charge in [-0.1, -0.05) is 0 Å². The van der Waals surface area contributed by atoms with Gasteiger partial charge in [0.25, 0.3) is 5.91 Å². The van der Waals surface area contributed by atoms with Crippen LogP contribution in [-0.2, 0) is 10.0 Å². The van der Waals surface area contributed by atoms with Crippen LogP contribution in [0, 0.1) is 0 Å². The zero-order valence-corrected chi connectivity index (χ0v) is 10.6. The summed E-state index contributed by atoms with van der Waals surface area (Å²) in [6.07, 6.45) is 0.648. The maximum absolute atomic E-state index is 12.2. The highest BCUT2D eigenvalue weighted by atomic mass is 16.5. The van der Waals surface area contributed by atoms with Gasteiger partial charge in [-0.25, -0.2) is 4.79 Å². The van der Waals surface area contributed by atoms with Crippen molar-refractivity contribution in [1.29, 1.82) is 0 Å². The average Bonchev–Trinajstić information content (AvgIpc) is 2.36. The summed E-state index contributed by atoms with van der Waals surface area (Å²) in [6.45, 7) is 7.17. The van der Waals surface area contributed by atoms with Crippen LogP contribution in [0.4, 0.5) is 4.79 Å². The number of carbonyl (C=O) groups is 2. The molecule has 0 atom stereocenters. The number of nitrogens with zero attached hydrogens (tertiary/aromatic N) is 1. The molecule has 2 rings (SSSR count). The van der Waals surface area contributed by atoms with Gasteiger partial charge in [-0.3, -0.25) is 10.1 Å². The number of hydrogen-bond donors (Lipinski definition) is 2. The highest BCUT2D eigenvalue weighted by Crippen LogP contribution is 2.43. The molecule has 0 unspecified atom stereocenters. The van der Waals surface area contributed by atoms with Crippen molar-refractivity contribution in [3.05, 3.63) is 0 Å². The normalized spacial score (nSPS) is 30.2. The molecule has 0 aliphatic carbocycles. The summed E-state index contributed by atoms with van der Waals surface area (Å²) < 4.78 is 0. The van der Waals surface area contributed by atoms with E-state index in [-0.39, 0.29) is 5.91 Å². The molecule has 6 heteroatoms. The zero-order valence-electron chi connectivity index (χ0n) is 10.6. The molecule has 2 aliphatic rings. The third-order valence-electron chi connectivity index (χ3n) is 3.58. The van der Waals surface area contributed by atoms with Crippen molar-refractivity contribution in [3.63, 3.8) is 0 Å². The minimum atomic E-state index is -0.939. The van der Waals surface area contributed by atoms with Crippen LogP contribution in [-0.4, -0.2) is 33.6 Å². The van der Waals surface area contributed by atoms with Crippen molar-refractivity contribution in [1.82, 2.24) is 15.7 Å². The highest BCUT2D eigenvalue weighted by Gasteiger charge is 2.59. The van der Waals surface area contributed by atoms with E-state index in [0.29, 0.717) is 12.8 Å². The van der Waals surface area contributed by atoms with Crippen LogP contribution in [0.2, 0.25) is 0 Å². The lowest BCUT2D eigenvalue weighted by Crippen LogP contribution is -2.68. The number of hydrogen-bond acceptors (Lipinski definition) is 3. The van der Waals surface area contributed by atoms with Crippen LogP contribution in [0.3, 0.4) is 0 Å². The fraction of sp³-hybridized carbons (Fsp3) is 0.818. The van der Waals surface area contributed by atoms with Crippen molar-refractivity contribution in [2.45, 2.75) is 57.2 Å². The number of nitrogens with one attached hydrogen (secondary N) is 2. The summed E-state index contributed by atoms with van der Waals surface area (Å²) in [4.78, 5) is 23.2. The van der Waals surface area contributed by atoms with E-state index in [0.717, 1.165) is 5.06 Å². The predicted octanol–water partition coefficient (Wildman–Crippen LogP) is 0.563. The minimum absolute atomic E-state index is 0.322. The maximum atomic E-state index is 12.2. The molecule has 0 aromatic rings. The van der Waals surface area contributed by atoms with Gasteiger partial charge in [-0.15, -0.1) is 10.3 Å². The lowest BCUT2D eigenvalue weighted by atomic mass is 9.70. The molecule has 0 bridgehead atoms. The maximum Gasteiger partial charge on any atom is 0.322 e. The van der Waals surface area contributed by atoms with Crippen LogP contribution in [0.25, 0.3) is 0 Å². The standard InChI is InChI=1S/C11H18N3O3/c1-9(2)5-11(6-10(3,4)14(9)17)7(15)12-8(16)13-11/h5-6H2,1-4H3,(H2,12,13,15,16). The molecule has 0 aromatic heterocycles. The highest BCUT2D eigenvalue weighted by molar-refractivity contribution is 6.07. The van der Waals surface area contributed by atoms with Crippen molar-refractivity contribution in [2.24, 2.45) is 0 Å². The Bertz CT molecular complexity index is 371. The van der Waals surface area contributed by atoms with E-state index in [9.17, 15) is 14.8 Å². The van der Waals surface area contributed by atoms with Gasteiger partial charge < -0.3 is 5.32 Å². The molecule has 95 valence electrons. The average molecular weight is 240 g/mol. The number of carbonyl (C=O) groups excluding carboxylic acids is 2. The second kappa shape index (κ2) is 3.20. The molecule has 2 aliphatic heterocycles. The van der Waals surface area contributed by atoms with Gasteiger partial charge in [0, 0.05) is 11.1 Å². The Labute approximate surface area is 100 Å². The van der Waals surface area contributed by atoms with Crippen molar-refractivity contribution in [3.8, 4) is 0 Å². The summed E-state index contributed by atoms with van der Waals surface area (Å²) in [5.41, 5.74) is -2.31. The van der Waals surface area contributed by atoms with Crippen LogP contribution in [0.5, 0.6) is 0 Å². The molecule has 0 aromatic carbocycles. The molecular weight excluding hydrogens is 222 g/mol. The van der Waals surface area contributed by atoms with E-state index in [1.54, 1.807) is 27.7 Å². The summed E-state index contributed by atoms with van der Waals surface area (Å²) in [5.74, 6) is -0.322. The van der Waals surface area contributed by atoms with Gasteiger partial charge >= 0.3 is 6.03 Å². The molecule has 17 heavy (non-hydrogen) atoms. The number of imide groups is 1. The Morgan fingerprint density at radius 1 is 1.06 bits per heavy atom. The van der Waals surface area contributed by atoms with E-state index < -0.39 is 22.6 Å². The minimum Gasteiger partial charge on any atom is -0.323 e. The van der Waals surface area contributed by atoms with Crippen LogP contribution >= 0.6 is 0 Å². The van der Waals surface area contributed by atoms with Crippen molar-refractivity contribution >= 4 is 11.9 Å². The van der Waals surface area contributed by atoms with Gasteiger partial charge in [0.15, 0.2) is 0 Å². The van der Waals surface area contributed by atoms with Crippen LogP contribution < -0.4 is 10.6 Å². The molecule has 1 radical (unpaired) electrons. The first-order valence-electron chi connectivity index (χ1n) is 5.70. The Hall–Kier alpha value is -1.14. The summed E-state index contributed by atoms with van der Waals surface area (Å²) >= 11 is 0. The number of rotatable bonds is 0. The molecule has 2 saturated heterocycles. The predicted molar refractivity (Wildman–Crippen MR) is 59.3 cm³/mol. The van der Waals surface area contributed by atoms with Crippen LogP contribution in [0.15, 0.2) is 0 Å². The first-order chi connectivity index (χ1) is 7.59. The van der Waals surface area contributed by atoms with Gasteiger partial charge in [-0.05, 0) is 40.5 Å². The first-order valence-corrected chi connectivity index (χ1v) is 5.70. The van der Waals surface area contributed by atoms with Gasteiger partial charge in [0.2, 0.25) is 0 Å². The number of urea groups is 1. The Kier molecular flexibility index (Phi) is 2.32. The SMILES string of the molecule is CC1(C)CC2(CC(C)(C)N1[O])NC(=O)NC2=O. The lowest BCUT2D eigenvalue weighted by molar-refractivity contribution is -0.294. The van der Waals surface area contributed by atoms with Crippen molar-refractivity contribution < 1.29 is 14.8 Å². The van der Waals surface area contributed by atoms with E-state index in [1.807, 2.05) is 0 Å². The number of amides is 3. The molecule has 2 fully saturated rings. The third kappa shape index (κ3) is 1.71. The first kappa shape index (κ1) is 12.3. The molecule has 0 saturated carbocycles. The molecule has 2 heterocycles. The van der Waals surface area contributed by atoms with Gasteiger partial charge in [0.1, 0.15) is 5.54 Å². The Balaban J connectivity index is 2.40. The molecule has 3 amide bonds. The molecule has 6 nitrogen and oxygen atoms in total. The van der Waals surface area contributed by atoms with Gasteiger partial charge in [0.05, 0.1) is 0 Å². The molecule has 1 spiro atoms. The van der Waals surface area contributed by atoms with E-state index in [2.05, 4.69) is 10.6 Å².